The lowest BCUT2D eigenvalue weighted by Gasteiger charge is -2.29. The molecule has 2 atom stereocenters. The lowest BCUT2D eigenvalue weighted by molar-refractivity contribution is 0.375. The third kappa shape index (κ3) is 4.74. The Balaban J connectivity index is 1.19. The van der Waals surface area contributed by atoms with Crippen LogP contribution in [0.25, 0.3) is 5.57 Å². The van der Waals surface area contributed by atoms with Crippen LogP contribution in [0.2, 0.25) is 0 Å². The van der Waals surface area contributed by atoms with Crippen molar-refractivity contribution in [2.75, 3.05) is 11.9 Å². The maximum atomic E-state index is 8.28. The van der Waals surface area contributed by atoms with E-state index >= 15 is 0 Å². The van der Waals surface area contributed by atoms with Gasteiger partial charge in [-0.15, -0.1) is 0 Å². The van der Waals surface area contributed by atoms with Crippen LogP contribution in [0.4, 0.5) is 5.69 Å². The molecule has 4 aliphatic rings. The number of aliphatic imine (C=N–C) groups is 2. The molecule has 3 aliphatic carbocycles. The van der Waals surface area contributed by atoms with E-state index in [-0.39, 0.29) is 5.41 Å². The number of benzene rings is 1. The van der Waals surface area contributed by atoms with E-state index in [0.29, 0.717) is 17.7 Å². The molecular formula is C28H38N4. The second-order valence-electron chi connectivity index (χ2n) is 10.7. The lowest BCUT2D eigenvalue weighted by Crippen LogP contribution is -2.28. The summed E-state index contributed by atoms with van der Waals surface area (Å²) in [6, 6.07) is 8.89. The molecule has 170 valence electrons. The van der Waals surface area contributed by atoms with E-state index in [9.17, 15) is 0 Å². The summed E-state index contributed by atoms with van der Waals surface area (Å²) in [6.07, 6.45) is 14.1. The van der Waals surface area contributed by atoms with Gasteiger partial charge >= 0.3 is 0 Å². The summed E-state index contributed by atoms with van der Waals surface area (Å²) in [4.78, 5) is 9.49. The summed E-state index contributed by atoms with van der Waals surface area (Å²) in [5.41, 5.74) is 6.71. The van der Waals surface area contributed by atoms with Crippen molar-refractivity contribution in [1.29, 1.82) is 5.41 Å². The number of anilines is 1. The highest BCUT2D eigenvalue weighted by atomic mass is 14.9. The summed E-state index contributed by atoms with van der Waals surface area (Å²) in [5.74, 6) is 2.50. The molecule has 1 aromatic carbocycles. The van der Waals surface area contributed by atoms with Crippen molar-refractivity contribution in [3.05, 3.63) is 36.0 Å². The predicted molar refractivity (Wildman–Crippen MR) is 136 cm³/mol. The first-order valence-corrected chi connectivity index (χ1v) is 12.8. The molecule has 1 aromatic rings. The van der Waals surface area contributed by atoms with Crippen LogP contribution in [0, 0.1) is 28.6 Å². The molecule has 2 unspecified atom stereocenters. The van der Waals surface area contributed by atoms with Crippen molar-refractivity contribution in [3.8, 4) is 0 Å². The van der Waals surface area contributed by atoms with Crippen molar-refractivity contribution in [2.24, 2.45) is 33.2 Å². The van der Waals surface area contributed by atoms with Gasteiger partial charge < -0.3 is 5.32 Å². The molecule has 2 N–H and O–H groups in total. The Labute approximate surface area is 193 Å². The largest absolute Gasteiger partial charge is 0.385 e. The van der Waals surface area contributed by atoms with Crippen LogP contribution < -0.4 is 5.32 Å². The molecule has 4 nitrogen and oxygen atoms in total. The van der Waals surface area contributed by atoms with Crippen LogP contribution in [-0.2, 0) is 0 Å². The van der Waals surface area contributed by atoms with Crippen molar-refractivity contribution in [2.45, 2.75) is 78.1 Å². The van der Waals surface area contributed by atoms with E-state index in [0.717, 1.165) is 31.7 Å². The molecule has 0 bridgehead atoms. The second kappa shape index (κ2) is 8.96. The smallest absolute Gasteiger partial charge is 0.123 e. The molecular weight excluding hydrogens is 392 g/mol. The minimum atomic E-state index is 0.204. The Hall–Kier alpha value is -2.23. The number of allylic oxidation sites excluding steroid dienone is 1. The Bertz CT molecular complexity index is 963. The fourth-order valence-corrected chi connectivity index (χ4v) is 5.76. The highest BCUT2D eigenvalue weighted by Gasteiger charge is 2.41. The lowest BCUT2D eigenvalue weighted by atomic mass is 9.77. The Kier molecular flexibility index (Phi) is 6.05. The molecule has 0 spiro atoms. The third-order valence-corrected chi connectivity index (χ3v) is 8.09. The summed E-state index contributed by atoms with van der Waals surface area (Å²) >= 11 is 0. The van der Waals surface area contributed by atoms with Crippen LogP contribution >= 0.6 is 0 Å². The molecule has 0 amide bonds. The van der Waals surface area contributed by atoms with E-state index < -0.39 is 0 Å². The van der Waals surface area contributed by atoms with Gasteiger partial charge in [-0.25, -0.2) is 4.99 Å². The SMILES string of the molecule is CCCC1(/C(C)=N/C(=N)C2CC2)CCC(CNc2cccc(C3=CN=C(C4CC4)C3)c2)C1. The van der Waals surface area contributed by atoms with E-state index in [1.165, 1.54) is 73.2 Å². The summed E-state index contributed by atoms with van der Waals surface area (Å²) in [6.45, 7) is 5.50. The molecule has 0 aromatic heterocycles. The molecule has 5 rings (SSSR count). The van der Waals surface area contributed by atoms with Crippen LogP contribution in [0.5, 0.6) is 0 Å². The zero-order valence-corrected chi connectivity index (χ0v) is 19.8. The topological polar surface area (TPSA) is 60.6 Å². The van der Waals surface area contributed by atoms with Crippen molar-refractivity contribution in [1.82, 2.24) is 0 Å². The first-order valence-electron chi connectivity index (χ1n) is 12.8. The zero-order valence-electron chi connectivity index (χ0n) is 19.8. The summed E-state index contributed by atoms with van der Waals surface area (Å²) < 4.78 is 0. The average molecular weight is 431 g/mol. The molecule has 4 heteroatoms. The van der Waals surface area contributed by atoms with E-state index in [2.05, 4.69) is 54.6 Å². The van der Waals surface area contributed by atoms with Gasteiger partial charge in [0.1, 0.15) is 5.84 Å². The van der Waals surface area contributed by atoms with E-state index in [4.69, 9.17) is 10.4 Å². The Morgan fingerprint density at radius 2 is 2.06 bits per heavy atom. The molecule has 0 radical (unpaired) electrons. The minimum Gasteiger partial charge on any atom is -0.385 e. The number of hydrogen-bond acceptors (Lipinski definition) is 3. The molecule has 0 saturated heterocycles. The molecule has 1 aliphatic heterocycles. The average Bonchev–Trinajstić information content (AvgIpc) is 3.73. The van der Waals surface area contributed by atoms with Gasteiger partial charge in [0.2, 0.25) is 0 Å². The molecule has 1 heterocycles. The highest BCUT2D eigenvalue weighted by molar-refractivity contribution is 6.01. The fourth-order valence-electron chi connectivity index (χ4n) is 5.76. The predicted octanol–water partition coefficient (Wildman–Crippen LogP) is 7.13. The normalized spacial score (nSPS) is 27.9. The number of rotatable bonds is 9. The van der Waals surface area contributed by atoms with Gasteiger partial charge in [0.05, 0.1) is 0 Å². The quantitative estimate of drug-likeness (QED) is 0.318. The molecule has 32 heavy (non-hydrogen) atoms. The standard InChI is InChI=1S/C28H38N4/c1-3-12-28(19(2)32-27(29)22-9-10-22)13-11-20(16-28)17-30-25-6-4-5-23(14-25)24-15-26(31-18-24)21-7-8-21/h4-6,14,18,20-22,29-30H,3,7-13,15-17H2,1-2H3/b29-27?,32-19+. The van der Waals surface area contributed by atoms with Gasteiger partial charge in [0.25, 0.3) is 0 Å². The molecule has 3 fully saturated rings. The van der Waals surface area contributed by atoms with Crippen LogP contribution in [0.1, 0.15) is 83.6 Å². The van der Waals surface area contributed by atoms with Crippen molar-refractivity contribution in [3.63, 3.8) is 0 Å². The fraction of sp³-hybridized carbons (Fsp3) is 0.607. The molecule has 3 saturated carbocycles. The zero-order chi connectivity index (χ0) is 22.1. The first kappa shape index (κ1) is 21.6. The van der Waals surface area contributed by atoms with Gasteiger partial charge in [-0.05, 0) is 93.4 Å². The maximum absolute atomic E-state index is 8.28. The van der Waals surface area contributed by atoms with Gasteiger partial charge in [0.15, 0.2) is 0 Å². The number of hydrogen-bond donors (Lipinski definition) is 2. The van der Waals surface area contributed by atoms with E-state index in [1.54, 1.807) is 0 Å². The van der Waals surface area contributed by atoms with Gasteiger partial charge in [0, 0.05) is 47.6 Å². The van der Waals surface area contributed by atoms with E-state index in [1.807, 2.05) is 0 Å². The van der Waals surface area contributed by atoms with Crippen molar-refractivity contribution >= 4 is 28.5 Å². The Morgan fingerprint density at radius 1 is 1.22 bits per heavy atom. The first-order chi connectivity index (χ1) is 15.6. The highest BCUT2D eigenvalue weighted by Crippen LogP contribution is 2.47. The summed E-state index contributed by atoms with van der Waals surface area (Å²) in [7, 11) is 0. The maximum Gasteiger partial charge on any atom is 0.123 e. The Morgan fingerprint density at radius 3 is 2.81 bits per heavy atom. The number of nitrogens with one attached hydrogen (secondary N) is 2. The van der Waals surface area contributed by atoms with Crippen LogP contribution in [0.3, 0.4) is 0 Å². The van der Waals surface area contributed by atoms with Gasteiger partial charge in [-0.2, -0.15) is 0 Å². The monoisotopic (exact) mass is 430 g/mol. The second-order valence-corrected chi connectivity index (χ2v) is 10.7. The van der Waals surface area contributed by atoms with Crippen molar-refractivity contribution < 1.29 is 0 Å². The summed E-state index contributed by atoms with van der Waals surface area (Å²) in [5, 5.41) is 12.0. The number of amidine groups is 1. The van der Waals surface area contributed by atoms with Gasteiger partial charge in [-0.3, -0.25) is 10.4 Å². The third-order valence-electron chi connectivity index (χ3n) is 8.09. The number of nitrogens with zero attached hydrogens (tertiary/aromatic N) is 2. The minimum absolute atomic E-state index is 0.204. The van der Waals surface area contributed by atoms with Crippen LogP contribution in [0.15, 0.2) is 40.5 Å². The van der Waals surface area contributed by atoms with Gasteiger partial charge in [-0.1, -0.05) is 25.5 Å². The van der Waals surface area contributed by atoms with Crippen LogP contribution in [-0.4, -0.2) is 23.8 Å².